The van der Waals surface area contributed by atoms with Crippen LogP contribution in [-0.4, -0.2) is 18.5 Å². The zero-order valence-electron chi connectivity index (χ0n) is 11.6. The van der Waals surface area contributed by atoms with Gasteiger partial charge in [0.05, 0.1) is 11.5 Å². The van der Waals surface area contributed by atoms with E-state index in [1.165, 1.54) is 6.07 Å². The van der Waals surface area contributed by atoms with Crippen molar-refractivity contribution in [2.75, 3.05) is 4.72 Å². The average Bonchev–Trinajstić information content (AvgIpc) is 2.40. The summed E-state index contributed by atoms with van der Waals surface area (Å²) in [4.78, 5) is 4.14. The van der Waals surface area contributed by atoms with Crippen LogP contribution in [0, 0.1) is 13.8 Å². The van der Waals surface area contributed by atoms with Gasteiger partial charge in [0.25, 0.3) is 10.0 Å². The minimum atomic E-state index is -3.82. The molecule has 0 unspecified atom stereocenters. The van der Waals surface area contributed by atoms with Gasteiger partial charge in [-0.2, -0.15) is 0 Å². The van der Waals surface area contributed by atoms with Crippen LogP contribution in [0.5, 0.6) is 0 Å². The molecule has 2 aromatic rings. The molecule has 1 aromatic heterocycles. The van der Waals surface area contributed by atoms with E-state index in [-0.39, 0.29) is 22.3 Å². The van der Waals surface area contributed by atoms with Crippen LogP contribution in [0.1, 0.15) is 16.8 Å². The van der Waals surface area contributed by atoms with Gasteiger partial charge in [-0.25, -0.2) is 13.4 Å². The van der Waals surface area contributed by atoms with Crippen LogP contribution in [0.4, 0.5) is 5.82 Å². The molecule has 1 aromatic carbocycles. The zero-order chi connectivity index (χ0) is 15.6. The number of aliphatic hydroxyl groups excluding tert-OH is 1. The number of anilines is 1. The molecule has 0 spiro atoms. The van der Waals surface area contributed by atoms with Gasteiger partial charge in [-0.1, -0.05) is 17.7 Å². The Morgan fingerprint density at radius 3 is 2.62 bits per heavy atom. The smallest absolute Gasteiger partial charge is 0.263 e. The van der Waals surface area contributed by atoms with Crippen molar-refractivity contribution in [2.45, 2.75) is 25.3 Å². The first kappa shape index (κ1) is 15.8. The number of hydrogen-bond donors (Lipinski definition) is 2. The van der Waals surface area contributed by atoms with E-state index in [9.17, 15) is 13.5 Å². The molecule has 21 heavy (non-hydrogen) atoms. The molecule has 0 fully saturated rings. The predicted octanol–water partition coefficient (Wildman–Crippen LogP) is 2.64. The fourth-order valence-corrected chi connectivity index (χ4v) is 3.56. The van der Waals surface area contributed by atoms with Crippen molar-refractivity contribution in [1.82, 2.24) is 4.98 Å². The van der Waals surface area contributed by atoms with Crippen molar-refractivity contribution < 1.29 is 13.5 Å². The zero-order valence-corrected chi connectivity index (χ0v) is 13.2. The topological polar surface area (TPSA) is 79.3 Å². The van der Waals surface area contributed by atoms with Gasteiger partial charge < -0.3 is 5.11 Å². The number of sulfonamides is 1. The molecule has 0 radical (unpaired) electrons. The summed E-state index contributed by atoms with van der Waals surface area (Å²) in [6.45, 7) is 3.12. The van der Waals surface area contributed by atoms with Gasteiger partial charge in [0.1, 0.15) is 5.82 Å². The molecule has 0 saturated carbocycles. The summed E-state index contributed by atoms with van der Waals surface area (Å²) in [6, 6.07) is 7.95. The number of rotatable bonds is 4. The van der Waals surface area contributed by atoms with Crippen LogP contribution in [0.15, 0.2) is 35.2 Å². The van der Waals surface area contributed by atoms with Crippen LogP contribution in [0.25, 0.3) is 0 Å². The molecule has 2 rings (SSSR count). The minimum absolute atomic E-state index is 0.0300. The Morgan fingerprint density at radius 2 is 2.00 bits per heavy atom. The number of aryl methyl sites for hydroxylation is 1. The molecule has 2 N–H and O–H groups in total. The molecule has 0 bridgehead atoms. The molecular formula is C14H15ClN2O3S. The highest BCUT2D eigenvalue weighted by atomic mass is 35.5. The highest BCUT2D eigenvalue weighted by Crippen LogP contribution is 2.26. The lowest BCUT2D eigenvalue weighted by Crippen LogP contribution is -2.16. The second-order valence-corrected chi connectivity index (χ2v) is 6.70. The maximum atomic E-state index is 12.5. The number of benzene rings is 1. The fourth-order valence-electron chi connectivity index (χ4n) is 1.94. The average molecular weight is 327 g/mol. The molecule has 0 aliphatic carbocycles. The first-order chi connectivity index (χ1) is 9.83. The van der Waals surface area contributed by atoms with E-state index in [1.807, 2.05) is 0 Å². The summed E-state index contributed by atoms with van der Waals surface area (Å²) in [5, 5.41) is 9.53. The SMILES string of the molecule is Cc1cccc(NS(=O)(=O)c2cc(Cl)cc(CO)c2C)n1. The monoisotopic (exact) mass is 326 g/mol. The first-order valence-corrected chi connectivity index (χ1v) is 8.06. The van der Waals surface area contributed by atoms with E-state index in [0.717, 1.165) is 0 Å². The van der Waals surface area contributed by atoms with Gasteiger partial charge in [0, 0.05) is 10.7 Å². The van der Waals surface area contributed by atoms with Crippen molar-refractivity contribution >= 4 is 27.4 Å². The second kappa shape index (κ2) is 6.01. The highest BCUT2D eigenvalue weighted by Gasteiger charge is 2.20. The lowest BCUT2D eigenvalue weighted by molar-refractivity contribution is 0.280. The summed E-state index contributed by atoms with van der Waals surface area (Å²) in [5.74, 6) is 0.236. The Morgan fingerprint density at radius 1 is 1.29 bits per heavy atom. The fraction of sp³-hybridized carbons (Fsp3) is 0.214. The van der Waals surface area contributed by atoms with Gasteiger partial charge in [-0.05, 0) is 49.2 Å². The third-order valence-corrected chi connectivity index (χ3v) is 4.72. The standard InChI is InChI=1S/C14H15ClN2O3S/c1-9-4-3-5-14(16-9)17-21(19,20)13-7-12(15)6-11(8-18)10(13)2/h3-7,18H,8H2,1-2H3,(H,16,17). The minimum Gasteiger partial charge on any atom is -0.392 e. The van der Waals surface area contributed by atoms with Gasteiger partial charge in [-0.15, -0.1) is 0 Å². The Bertz CT molecular complexity index is 776. The Labute approximate surface area is 128 Å². The number of pyridine rings is 1. The Hall–Kier alpha value is -1.63. The van der Waals surface area contributed by atoms with E-state index in [0.29, 0.717) is 16.8 Å². The van der Waals surface area contributed by atoms with Crippen LogP contribution in [-0.2, 0) is 16.6 Å². The van der Waals surface area contributed by atoms with Crippen molar-refractivity contribution in [3.8, 4) is 0 Å². The van der Waals surface area contributed by atoms with Crippen molar-refractivity contribution in [1.29, 1.82) is 0 Å². The van der Waals surface area contributed by atoms with Crippen LogP contribution in [0.3, 0.4) is 0 Å². The third-order valence-electron chi connectivity index (χ3n) is 3.02. The Kier molecular flexibility index (Phi) is 4.51. The number of nitrogens with one attached hydrogen (secondary N) is 1. The Balaban J connectivity index is 2.47. The molecule has 1 heterocycles. The maximum Gasteiger partial charge on any atom is 0.263 e. The van der Waals surface area contributed by atoms with E-state index in [1.54, 1.807) is 38.1 Å². The molecule has 112 valence electrons. The van der Waals surface area contributed by atoms with Crippen molar-refractivity contribution in [3.05, 3.63) is 52.2 Å². The lowest BCUT2D eigenvalue weighted by Gasteiger charge is -2.13. The first-order valence-electron chi connectivity index (χ1n) is 6.20. The normalized spacial score (nSPS) is 11.4. The molecule has 5 nitrogen and oxygen atoms in total. The predicted molar refractivity (Wildman–Crippen MR) is 81.9 cm³/mol. The van der Waals surface area contributed by atoms with Gasteiger partial charge in [0.2, 0.25) is 0 Å². The molecule has 0 aliphatic rings. The number of aliphatic hydroxyl groups is 1. The molecule has 0 aliphatic heterocycles. The van der Waals surface area contributed by atoms with Crippen LogP contribution < -0.4 is 4.72 Å². The largest absolute Gasteiger partial charge is 0.392 e. The molecule has 7 heteroatoms. The van der Waals surface area contributed by atoms with Crippen LogP contribution >= 0.6 is 11.6 Å². The lowest BCUT2D eigenvalue weighted by atomic mass is 10.1. The third kappa shape index (κ3) is 3.53. The summed E-state index contributed by atoms with van der Waals surface area (Å²) in [6.07, 6.45) is 0. The summed E-state index contributed by atoms with van der Waals surface area (Å²) in [7, 11) is -3.82. The van der Waals surface area contributed by atoms with E-state index >= 15 is 0 Å². The van der Waals surface area contributed by atoms with Gasteiger partial charge in [0.15, 0.2) is 0 Å². The molecule has 0 amide bonds. The number of hydrogen-bond acceptors (Lipinski definition) is 4. The highest BCUT2D eigenvalue weighted by molar-refractivity contribution is 7.92. The van der Waals surface area contributed by atoms with E-state index < -0.39 is 10.0 Å². The summed E-state index contributed by atoms with van der Waals surface area (Å²) >= 11 is 5.92. The summed E-state index contributed by atoms with van der Waals surface area (Å²) < 4.78 is 27.3. The quantitative estimate of drug-likeness (QED) is 0.905. The molecule has 0 saturated heterocycles. The van der Waals surface area contributed by atoms with E-state index in [2.05, 4.69) is 9.71 Å². The van der Waals surface area contributed by atoms with Crippen LogP contribution in [0.2, 0.25) is 5.02 Å². The number of nitrogens with zero attached hydrogens (tertiary/aromatic N) is 1. The van der Waals surface area contributed by atoms with Crippen molar-refractivity contribution in [3.63, 3.8) is 0 Å². The molecule has 0 atom stereocenters. The van der Waals surface area contributed by atoms with Crippen molar-refractivity contribution in [2.24, 2.45) is 0 Å². The summed E-state index contributed by atoms with van der Waals surface area (Å²) in [5.41, 5.74) is 1.64. The number of aromatic nitrogens is 1. The second-order valence-electron chi connectivity index (χ2n) is 4.62. The number of halogens is 1. The molecular weight excluding hydrogens is 312 g/mol. The van der Waals surface area contributed by atoms with Gasteiger partial charge in [-0.3, -0.25) is 4.72 Å². The van der Waals surface area contributed by atoms with Gasteiger partial charge >= 0.3 is 0 Å². The maximum absolute atomic E-state index is 12.5. The van der Waals surface area contributed by atoms with E-state index in [4.69, 9.17) is 11.6 Å².